The van der Waals surface area contributed by atoms with E-state index in [-0.39, 0.29) is 5.97 Å². The van der Waals surface area contributed by atoms with Crippen LogP contribution in [0.5, 0.6) is 0 Å². The molecule has 0 radical (unpaired) electrons. The lowest BCUT2D eigenvalue weighted by atomic mass is 10.3. The van der Waals surface area contributed by atoms with Gasteiger partial charge in [-0.05, 0) is 13.2 Å². The van der Waals surface area contributed by atoms with E-state index in [1.807, 2.05) is 41.4 Å². The fourth-order valence-electron chi connectivity index (χ4n) is 1.26. The number of nitrogens with zero attached hydrogens (tertiary/aromatic N) is 1. The van der Waals surface area contributed by atoms with E-state index in [0.29, 0.717) is 10.8 Å². The van der Waals surface area contributed by atoms with E-state index in [9.17, 15) is 4.79 Å². The molecule has 1 aromatic rings. The molecular formula is C13H15NO2S2. The maximum Gasteiger partial charge on any atom is 0.330 e. The fraction of sp³-hybridized carbons (Fsp3) is 0.231. The molecule has 3 nitrogen and oxygen atoms in total. The van der Waals surface area contributed by atoms with Crippen molar-refractivity contribution in [2.45, 2.75) is 6.92 Å². The zero-order chi connectivity index (χ0) is 13.4. The molecule has 0 saturated heterocycles. The molecule has 0 bridgehead atoms. The molecule has 0 aliphatic rings. The van der Waals surface area contributed by atoms with Crippen molar-refractivity contribution in [2.24, 2.45) is 0 Å². The minimum absolute atomic E-state index is 0.365. The highest BCUT2D eigenvalue weighted by atomic mass is 32.2. The lowest BCUT2D eigenvalue weighted by Gasteiger charge is -2.09. The molecule has 96 valence electrons. The number of rotatable bonds is 5. The van der Waals surface area contributed by atoms with Gasteiger partial charge in [0.25, 0.3) is 0 Å². The van der Waals surface area contributed by atoms with Crippen molar-refractivity contribution in [2.75, 3.05) is 12.9 Å². The van der Waals surface area contributed by atoms with Crippen molar-refractivity contribution >= 4 is 36.1 Å². The molecule has 0 atom stereocenters. The highest BCUT2D eigenvalue weighted by Gasteiger charge is 2.06. The molecule has 0 fully saturated rings. The third-order valence-electron chi connectivity index (χ3n) is 2.05. The van der Waals surface area contributed by atoms with Gasteiger partial charge in [-0.25, -0.2) is 4.79 Å². The van der Waals surface area contributed by atoms with Crippen LogP contribution in [0.4, 0.5) is 0 Å². The van der Waals surface area contributed by atoms with Gasteiger partial charge in [-0.3, -0.25) is 0 Å². The standard InChI is InChI=1S/C13H15NO2S2/c1-3-16-12(15)8-7-11(13(17)18-2)14-9-5-4-6-10-14/h4-10H,3H2,1-2H3. The highest BCUT2D eigenvalue weighted by molar-refractivity contribution is 8.10. The summed E-state index contributed by atoms with van der Waals surface area (Å²) in [7, 11) is 0. The van der Waals surface area contributed by atoms with Crippen molar-refractivity contribution < 1.29 is 14.1 Å². The number of aromatic nitrogens is 1. The van der Waals surface area contributed by atoms with Gasteiger partial charge >= 0.3 is 5.97 Å². The number of allylic oxidation sites excluding steroid dienone is 2. The number of esters is 1. The van der Waals surface area contributed by atoms with Gasteiger partial charge in [0.1, 0.15) is 0 Å². The Morgan fingerprint density at radius 3 is 2.56 bits per heavy atom. The Morgan fingerprint density at radius 2 is 2.00 bits per heavy atom. The van der Waals surface area contributed by atoms with Crippen LogP contribution in [0.2, 0.25) is 0 Å². The van der Waals surface area contributed by atoms with Crippen LogP contribution in [0.25, 0.3) is 5.70 Å². The number of pyridine rings is 1. The average molecular weight is 281 g/mol. The van der Waals surface area contributed by atoms with Gasteiger partial charge in [0.15, 0.2) is 18.1 Å². The topological polar surface area (TPSA) is 30.2 Å². The molecule has 5 heteroatoms. The summed E-state index contributed by atoms with van der Waals surface area (Å²) >= 11 is 6.74. The highest BCUT2D eigenvalue weighted by Crippen LogP contribution is 2.15. The first-order valence-corrected chi connectivity index (χ1v) is 7.09. The Morgan fingerprint density at radius 1 is 1.33 bits per heavy atom. The lowest BCUT2D eigenvalue weighted by Crippen LogP contribution is -2.30. The minimum atomic E-state index is -0.365. The number of hydrogen-bond acceptors (Lipinski definition) is 4. The number of hydrogen-bond donors (Lipinski definition) is 0. The fourth-order valence-corrected chi connectivity index (χ4v) is 1.82. The summed E-state index contributed by atoms with van der Waals surface area (Å²) in [6.45, 7) is 2.14. The predicted molar refractivity (Wildman–Crippen MR) is 76.5 cm³/mol. The first-order chi connectivity index (χ1) is 8.69. The normalized spacial score (nSPS) is 12.3. The molecule has 0 aromatic carbocycles. The number of carbonyl (C=O) groups is 1. The maximum absolute atomic E-state index is 11.3. The van der Waals surface area contributed by atoms with Crippen LogP contribution < -0.4 is 4.57 Å². The van der Waals surface area contributed by atoms with E-state index >= 15 is 0 Å². The van der Waals surface area contributed by atoms with Crippen LogP contribution >= 0.6 is 11.8 Å². The zero-order valence-electron chi connectivity index (χ0n) is 10.3. The predicted octanol–water partition coefficient (Wildman–Crippen LogP) is 2.13. The minimum Gasteiger partial charge on any atom is -0.767 e. The molecule has 0 N–H and O–H groups in total. The number of thioether (sulfide) groups is 1. The van der Waals surface area contributed by atoms with Crippen LogP contribution in [0.15, 0.2) is 47.0 Å². The van der Waals surface area contributed by atoms with Crippen LogP contribution in [-0.2, 0) is 22.2 Å². The molecule has 0 aliphatic carbocycles. The first-order valence-electron chi connectivity index (χ1n) is 5.45. The second kappa shape index (κ2) is 7.89. The Balaban J connectivity index is 2.99. The lowest BCUT2D eigenvalue weighted by molar-refractivity contribution is -0.578. The van der Waals surface area contributed by atoms with Gasteiger partial charge in [0.2, 0.25) is 0 Å². The van der Waals surface area contributed by atoms with Gasteiger partial charge < -0.3 is 17.4 Å². The summed E-state index contributed by atoms with van der Waals surface area (Å²) in [6, 6.07) is 5.73. The maximum atomic E-state index is 11.3. The third kappa shape index (κ3) is 4.50. The molecule has 0 unspecified atom stereocenters. The molecule has 0 saturated carbocycles. The molecule has 0 aliphatic heterocycles. The largest absolute Gasteiger partial charge is 0.767 e. The summed E-state index contributed by atoms with van der Waals surface area (Å²) in [6.07, 6.45) is 8.74. The smallest absolute Gasteiger partial charge is 0.330 e. The Kier molecular flexibility index (Phi) is 6.46. The molecular weight excluding hydrogens is 266 g/mol. The zero-order valence-corrected chi connectivity index (χ0v) is 12.0. The van der Waals surface area contributed by atoms with Crippen molar-refractivity contribution in [1.29, 1.82) is 0 Å². The molecule has 1 heterocycles. The van der Waals surface area contributed by atoms with Crippen molar-refractivity contribution in [1.82, 2.24) is 0 Å². The second-order valence-electron chi connectivity index (χ2n) is 3.24. The number of ether oxygens (including phenoxy) is 1. The van der Waals surface area contributed by atoms with Crippen LogP contribution in [-0.4, -0.2) is 18.8 Å². The molecule has 18 heavy (non-hydrogen) atoms. The number of carbonyl (C=O) groups excluding carboxylic acids is 1. The Hall–Kier alpha value is -1.33. The second-order valence-corrected chi connectivity index (χ2v) is 4.73. The summed E-state index contributed by atoms with van der Waals surface area (Å²) in [5.74, 6) is -0.365. The SMILES string of the molecule is CCOC(=O)/C=C/C(=C(/[S-])SC)[n+]1ccccc1. The van der Waals surface area contributed by atoms with Gasteiger partial charge in [0, 0.05) is 24.3 Å². The van der Waals surface area contributed by atoms with Crippen molar-refractivity contribution in [3.63, 3.8) is 0 Å². The quantitative estimate of drug-likeness (QED) is 0.272. The molecule has 1 rings (SSSR count). The van der Waals surface area contributed by atoms with E-state index in [1.54, 1.807) is 13.0 Å². The van der Waals surface area contributed by atoms with E-state index in [4.69, 9.17) is 17.4 Å². The first kappa shape index (κ1) is 14.7. The Labute approximate surface area is 117 Å². The van der Waals surface area contributed by atoms with E-state index < -0.39 is 0 Å². The van der Waals surface area contributed by atoms with E-state index in [2.05, 4.69) is 0 Å². The van der Waals surface area contributed by atoms with Crippen LogP contribution in [0.1, 0.15) is 6.92 Å². The van der Waals surface area contributed by atoms with E-state index in [1.165, 1.54) is 17.8 Å². The van der Waals surface area contributed by atoms with Crippen molar-refractivity contribution in [3.8, 4) is 0 Å². The summed E-state index contributed by atoms with van der Waals surface area (Å²) < 4.78 is 7.43. The van der Waals surface area contributed by atoms with Gasteiger partial charge in [-0.1, -0.05) is 10.3 Å². The van der Waals surface area contributed by atoms with E-state index in [0.717, 1.165) is 5.70 Å². The summed E-state index contributed by atoms with van der Waals surface area (Å²) in [5, 5.41) is 0. The molecule has 1 aromatic heterocycles. The van der Waals surface area contributed by atoms with Gasteiger partial charge in [0.05, 0.1) is 6.61 Å². The Bertz CT molecular complexity index is 455. The molecule has 0 spiro atoms. The van der Waals surface area contributed by atoms with Crippen LogP contribution in [0, 0.1) is 0 Å². The summed E-state index contributed by atoms with van der Waals surface area (Å²) in [4.78, 5) is 11.3. The van der Waals surface area contributed by atoms with Gasteiger partial charge in [-0.2, -0.15) is 16.3 Å². The van der Waals surface area contributed by atoms with Crippen LogP contribution in [0.3, 0.4) is 0 Å². The summed E-state index contributed by atoms with van der Waals surface area (Å²) in [5.41, 5.74) is 0.783. The average Bonchev–Trinajstić information content (AvgIpc) is 2.40. The van der Waals surface area contributed by atoms with Crippen molar-refractivity contribution in [3.05, 3.63) is 47.0 Å². The third-order valence-corrected chi connectivity index (χ3v) is 3.34. The monoisotopic (exact) mass is 281 g/mol. The van der Waals surface area contributed by atoms with Gasteiger partial charge in [-0.15, -0.1) is 0 Å². The molecule has 0 amide bonds.